The number of sulfonamides is 1. The highest BCUT2D eigenvalue weighted by atomic mass is 32.2. The molecule has 0 spiro atoms. The molecule has 284 valence electrons. The molecule has 52 heavy (non-hydrogen) atoms. The molecule has 0 radical (unpaired) electrons. The molecule has 12 heteroatoms. The minimum atomic E-state index is -3.82. The Hall–Kier alpha value is -2.68. The first-order valence-corrected chi connectivity index (χ1v) is 21.1. The lowest BCUT2D eigenvalue weighted by Gasteiger charge is -2.43. The zero-order valence-corrected chi connectivity index (χ0v) is 32.5. The molecule has 6 rings (SSSR count). The first-order valence-electron chi connectivity index (χ1n) is 18.3. The second-order valence-electron chi connectivity index (χ2n) is 14.1. The lowest BCUT2D eigenvalue weighted by Crippen LogP contribution is -2.54. The predicted octanol–water partition coefficient (Wildman–Crippen LogP) is 5.90. The van der Waals surface area contributed by atoms with E-state index in [4.69, 9.17) is 28.4 Å². The fourth-order valence-electron chi connectivity index (χ4n) is 6.93. The van der Waals surface area contributed by atoms with Crippen LogP contribution in [0.15, 0.2) is 71.6 Å². The van der Waals surface area contributed by atoms with Crippen LogP contribution in [0.3, 0.4) is 0 Å². The van der Waals surface area contributed by atoms with Gasteiger partial charge in [0.2, 0.25) is 10.0 Å². The third kappa shape index (κ3) is 10.3. The summed E-state index contributed by atoms with van der Waals surface area (Å²) in [7, 11) is -2.10. The van der Waals surface area contributed by atoms with Gasteiger partial charge in [0.1, 0.15) is 18.5 Å². The molecule has 3 aliphatic heterocycles. The van der Waals surface area contributed by atoms with Crippen molar-refractivity contribution in [2.45, 2.75) is 62.6 Å². The lowest BCUT2D eigenvalue weighted by molar-refractivity contribution is -0.0808. The summed E-state index contributed by atoms with van der Waals surface area (Å²) in [5, 5.41) is 0. The van der Waals surface area contributed by atoms with Crippen LogP contribution in [0, 0.1) is 12.8 Å². The van der Waals surface area contributed by atoms with E-state index in [0.717, 1.165) is 59.0 Å². The zero-order chi connectivity index (χ0) is 36.5. The summed E-state index contributed by atoms with van der Waals surface area (Å²) in [6, 6.07) is 21.6. The highest BCUT2D eigenvalue weighted by Crippen LogP contribution is 2.38. The largest absolute Gasteiger partial charge is 0.490 e. The second kappa shape index (κ2) is 18.6. The molecule has 2 fully saturated rings. The maximum absolute atomic E-state index is 14.1. The molecule has 3 aromatic carbocycles. The van der Waals surface area contributed by atoms with E-state index < -0.39 is 22.2 Å². The predicted molar refractivity (Wildman–Crippen MR) is 205 cm³/mol. The van der Waals surface area contributed by atoms with Gasteiger partial charge in [0, 0.05) is 39.3 Å². The number of hydrogen-bond acceptors (Lipinski definition) is 10. The van der Waals surface area contributed by atoms with Gasteiger partial charge in [0.05, 0.1) is 62.4 Å². The molecular formula is C40H54N2O8S2. The van der Waals surface area contributed by atoms with Crippen molar-refractivity contribution in [1.82, 2.24) is 4.31 Å². The normalized spacial score (nSPS) is 22.5. The van der Waals surface area contributed by atoms with Crippen molar-refractivity contribution in [2.75, 3.05) is 83.2 Å². The summed E-state index contributed by atoms with van der Waals surface area (Å²) in [4.78, 5) is 2.60. The lowest BCUT2D eigenvalue weighted by atomic mass is 9.85. The molecule has 0 aliphatic carbocycles. The maximum Gasteiger partial charge on any atom is 0.243 e. The van der Waals surface area contributed by atoms with E-state index in [1.165, 1.54) is 4.31 Å². The Labute approximate surface area is 314 Å². The van der Waals surface area contributed by atoms with Crippen molar-refractivity contribution in [3.63, 3.8) is 0 Å². The van der Waals surface area contributed by atoms with Gasteiger partial charge in [-0.05, 0) is 72.2 Å². The van der Waals surface area contributed by atoms with Crippen molar-refractivity contribution >= 4 is 27.5 Å². The number of benzene rings is 3. The highest BCUT2D eigenvalue weighted by Gasteiger charge is 2.44. The Morgan fingerprint density at radius 3 is 2.40 bits per heavy atom. The third-order valence-electron chi connectivity index (χ3n) is 9.84. The standard InChI is InChI=1S/C40H54N2O8S2/c1-29-6-13-35(14-7-29)52(43,44)42-21-38(49-25-32-10-15-37-36(20-32)41(17-19-47-37)16-5-18-45-3)40(39(22-42)50-27-34-26-48-34)33-11-8-31(9-12-33)24-46-23-30(2)28-51-4/h6-15,20,30,34,38-40H,5,16-19,21-28H2,1-4H3/t30-,34-,38+,39-,40-/m1/s1. The van der Waals surface area contributed by atoms with Crippen LogP contribution < -0.4 is 9.64 Å². The first-order chi connectivity index (χ1) is 25.2. The number of hydrogen-bond donors (Lipinski definition) is 0. The summed E-state index contributed by atoms with van der Waals surface area (Å²) >= 11 is 1.83. The number of anilines is 1. The monoisotopic (exact) mass is 754 g/mol. The van der Waals surface area contributed by atoms with Crippen LogP contribution in [-0.4, -0.2) is 109 Å². The first kappa shape index (κ1) is 39.0. The molecular weight excluding hydrogens is 701 g/mol. The van der Waals surface area contributed by atoms with Crippen LogP contribution >= 0.6 is 11.8 Å². The number of thioether (sulfide) groups is 1. The highest BCUT2D eigenvalue weighted by molar-refractivity contribution is 7.98. The van der Waals surface area contributed by atoms with Gasteiger partial charge in [-0.15, -0.1) is 0 Å². The quantitative estimate of drug-likeness (QED) is 0.109. The Morgan fingerprint density at radius 1 is 0.962 bits per heavy atom. The van der Waals surface area contributed by atoms with Gasteiger partial charge in [0.25, 0.3) is 0 Å². The number of fused-ring (bicyclic) bond motifs is 1. The number of aryl methyl sites for hydroxylation is 1. The molecule has 3 aromatic rings. The average molecular weight is 755 g/mol. The van der Waals surface area contributed by atoms with Gasteiger partial charge in [-0.25, -0.2) is 8.42 Å². The van der Waals surface area contributed by atoms with E-state index in [1.807, 2.05) is 43.0 Å². The van der Waals surface area contributed by atoms with E-state index in [2.05, 4.69) is 48.4 Å². The number of nitrogens with zero attached hydrogens (tertiary/aromatic N) is 2. The van der Waals surface area contributed by atoms with Crippen molar-refractivity contribution in [2.24, 2.45) is 5.92 Å². The minimum Gasteiger partial charge on any atom is -0.490 e. The Balaban J connectivity index is 1.26. The molecule has 0 amide bonds. The molecule has 2 saturated heterocycles. The summed E-state index contributed by atoms with van der Waals surface area (Å²) in [5.74, 6) is 2.20. The van der Waals surface area contributed by atoms with Gasteiger partial charge >= 0.3 is 0 Å². The molecule has 5 atom stereocenters. The minimum absolute atomic E-state index is 0.0293. The SMILES string of the molecule is COCCCN1CCOc2ccc(CO[C@H]3CN(S(=O)(=O)c4ccc(C)cc4)C[C@@H](OC[C@H]4CO4)[C@@H]3c3ccc(COC[C@@H](C)CSC)cc3)cc21. The van der Waals surface area contributed by atoms with Crippen molar-refractivity contribution in [3.8, 4) is 5.75 Å². The zero-order valence-electron chi connectivity index (χ0n) is 30.9. The van der Waals surface area contributed by atoms with E-state index in [1.54, 1.807) is 19.2 Å². The van der Waals surface area contributed by atoms with Crippen molar-refractivity contribution in [3.05, 3.63) is 89.0 Å². The fraction of sp³-hybridized carbons (Fsp3) is 0.550. The van der Waals surface area contributed by atoms with Crippen LogP contribution in [0.25, 0.3) is 0 Å². The van der Waals surface area contributed by atoms with Crippen molar-refractivity contribution < 1.29 is 36.8 Å². The number of ether oxygens (including phenoxy) is 6. The van der Waals surface area contributed by atoms with Crippen LogP contribution in [0.1, 0.15) is 41.5 Å². The Morgan fingerprint density at radius 2 is 1.69 bits per heavy atom. The summed E-state index contributed by atoms with van der Waals surface area (Å²) < 4.78 is 66.0. The molecule has 3 aliphatic rings. The van der Waals surface area contributed by atoms with E-state index in [-0.39, 0.29) is 30.0 Å². The number of piperidine rings is 1. The average Bonchev–Trinajstić information content (AvgIpc) is 3.98. The number of epoxide rings is 1. The number of rotatable bonds is 19. The van der Waals surface area contributed by atoms with Crippen LogP contribution in [0.5, 0.6) is 5.75 Å². The number of methoxy groups -OCH3 is 1. The van der Waals surface area contributed by atoms with Crippen LogP contribution in [0.2, 0.25) is 0 Å². The van der Waals surface area contributed by atoms with Crippen molar-refractivity contribution in [1.29, 1.82) is 0 Å². The van der Waals surface area contributed by atoms with E-state index in [9.17, 15) is 8.42 Å². The molecule has 0 unspecified atom stereocenters. The summed E-state index contributed by atoms with van der Waals surface area (Å²) in [5.41, 5.74) is 5.17. The van der Waals surface area contributed by atoms with E-state index in [0.29, 0.717) is 52.2 Å². The maximum atomic E-state index is 14.1. The second-order valence-corrected chi connectivity index (χ2v) is 17.0. The van der Waals surface area contributed by atoms with Gasteiger partial charge in [-0.3, -0.25) is 0 Å². The smallest absolute Gasteiger partial charge is 0.243 e. The fourth-order valence-corrected chi connectivity index (χ4v) is 9.06. The topological polar surface area (TPSA) is 99.3 Å². The van der Waals surface area contributed by atoms with Gasteiger partial charge in [-0.2, -0.15) is 16.1 Å². The Kier molecular flexibility index (Phi) is 13.9. The molecule has 0 bridgehead atoms. The van der Waals surface area contributed by atoms with Crippen LogP contribution in [-0.2, 0) is 46.9 Å². The summed E-state index contributed by atoms with van der Waals surface area (Å²) in [6.45, 7) is 10.2. The van der Waals surface area contributed by atoms with Gasteiger partial charge in [-0.1, -0.05) is 55.0 Å². The summed E-state index contributed by atoms with van der Waals surface area (Å²) in [6.07, 6.45) is 2.12. The Bertz CT molecular complexity index is 1670. The molecule has 10 nitrogen and oxygen atoms in total. The van der Waals surface area contributed by atoms with Gasteiger partial charge < -0.3 is 33.3 Å². The molecule has 3 heterocycles. The molecule has 0 N–H and O–H groups in total. The molecule has 0 saturated carbocycles. The van der Waals surface area contributed by atoms with Gasteiger partial charge in [0.15, 0.2) is 0 Å². The van der Waals surface area contributed by atoms with Crippen LogP contribution in [0.4, 0.5) is 5.69 Å². The third-order valence-corrected chi connectivity index (χ3v) is 12.6. The molecule has 0 aromatic heterocycles. The van der Waals surface area contributed by atoms with E-state index >= 15 is 0 Å².